The Morgan fingerprint density at radius 2 is 2.08 bits per heavy atom. The van der Waals surface area contributed by atoms with Crippen molar-refractivity contribution >= 4 is 23.2 Å². The first-order chi connectivity index (χ1) is 11.3. The summed E-state index contributed by atoms with van der Waals surface area (Å²) in [6.07, 6.45) is 0. The van der Waals surface area contributed by atoms with Crippen molar-refractivity contribution in [2.24, 2.45) is 0 Å². The summed E-state index contributed by atoms with van der Waals surface area (Å²) in [6, 6.07) is -0.736. The lowest BCUT2D eigenvalue weighted by molar-refractivity contribution is -0.162. The number of amides is 1. The maximum atomic E-state index is 12.8. The number of ether oxygens (including phenoxy) is 1. The summed E-state index contributed by atoms with van der Waals surface area (Å²) in [7, 11) is 0. The van der Waals surface area contributed by atoms with Crippen LogP contribution in [-0.4, -0.2) is 48.2 Å². The number of hydrogen-bond donors (Lipinski definition) is 0. The van der Waals surface area contributed by atoms with E-state index in [2.05, 4.69) is 15.2 Å². The third kappa shape index (κ3) is 3.16. The number of carbonyl (C=O) groups is 2. The van der Waals surface area contributed by atoms with Crippen LogP contribution in [0.3, 0.4) is 0 Å². The number of aromatic nitrogens is 4. The molecule has 1 aliphatic heterocycles. The van der Waals surface area contributed by atoms with Gasteiger partial charge in [0.2, 0.25) is 0 Å². The first kappa shape index (κ1) is 16.6. The van der Waals surface area contributed by atoms with E-state index in [1.807, 2.05) is 11.5 Å². The lowest BCUT2D eigenvalue weighted by Crippen LogP contribution is -2.52. The van der Waals surface area contributed by atoms with Crippen molar-refractivity contribution in [1.82, 2.24) is 24.6 Å². The van der Waals surface area contributed by atoms with E-state index in [4.69, 9.17) is 4.74 Å². The molecule has 2 aromatic rings. The molecule has 9 heteroatoms. The third-order valence-corrected chi connectivity index (χ3v) is 4.23. The van der Waals surface area contributed by atoms with Gasteiger partial charge in [0.15, 0.2) is 5.82 Å². The van der Waals surface area contributed by atoms with E-state index >= 15 is 0 Å². The lowest BCUT2D eigenvalue weighted by Gasteiger charge is -2.35. The molecule has 2 aromatic heterocycles. The van der Waals surface area contributed by atoms with Crippen LogP contribution in [0.25, 0.3) is 0 Å². The summed E-state index contributed by atoms with van der Waals surface area (Å²) in [5, 5.41) is 9.79. The molecule has 0 fully saturated rings. The van der Waals surface area contributed by atoms with Crippen LogP contribution in [0, 0.1) is 6.92 Å². The number of fused-ring (bicyclic) bond motifs is 1. The summed E-state index contributed by atoms with van der Waals surface area (Å²) in [4.78, 5) is 30.9. The van der Waals surface area contributed by atoms with Crippen molar-refractivity contribution in [2.45, 2.75) is 52.4 Å². The topological polar surface area (TPSA) is 90.2 Å². The highest BCUT2D eigenvalue weighted by atomic mass is 32.1. The van der Waals surface area contributed by atoms with Crippen molar-refractivity contribution < 1.29 is 14.3 Å². The SMILES string of the molecule is Cc1nnc2n1C[C@@H](C(=O)OC(C)(C)C)N(C(=O)c1cscn1)C2. The Morgan fingerprint density at radius 1 is 1.33 bits per heavy atom. The largest absolute Gasteiger partial charge is 0.458 e. The molecule has 0 unspecified atom stereocenters. The zero-order valence-corrected chi connectivity index (χ0v) is 14.8. The average molecular weight is 349 g/mol. The number of aryl methyl sites for hydroxylation is 1. The summed E-state index contributed by atoms with van der Waals surface area (Å²) in [5.74, 6) is 0.610. The van der Waals surface area contributed by atoms with Gasteiger partial charge in [0, 0.05) is 5.38 Å². The molecule has 24 heavy (non-hydrogen) atoms. The van der Waals surface area contributed by atoms with Gasteiger partial charge >= 0.3 is 5.97 Å². The summed E-state index contributed by atoms with van der Waals surface area (Å²) >= 11 is 1.33. The smallest absolute Gasteiger partial charge is 0.331 e. The molecule has 0 saturated heterocycles. The number of rotatable bonds is 2. The Hall–Kier alpha value is -2.29. The first-order valence-corrected chi connectivity index (χ1v) is 8.51. The molecule has 0 spiro atoms. The third-order valence-electron chi connectivity index (χ3n) is 3.65. The molecular weight excluding hydrogens is 330 g/mol. The van der Waals surface area contributed by atoms with Crippen LogP contribution in [0.5, 0.6) is 0 Å². The number of esters is 1. The molecule has 0 saturated carbocycles. The standard InChI is InChI=1S/C15H19N5O3S/c1-9-17-18-12-6-20(13(21)10-7-24-8-16-10)11(5-19(9)12)14(22)23-15(2,3)4/h7-8,11H,5-6H2,1-4H3/t11-/m0/s1. The van der Waals surface area contributed by atoms with Gasteiger partial charge in [0.05, 0.1) is 18.6 Å². The lowest BCUT2D eigenvalue weighted by atomic mass is 10.1. The number of carbonyl (C=O) groups excluding carboxylic acids is 2. The van der Waals surface area contributed by atoms with Gasteiger partial charge in [-0.2, -0.15) is 0 Å². The highest BCUT2D eigenvalue weighted by Crippen LogP contribution is 2.23. The average Bonchev–Trinajstić information content (AvgIpc) is 3.14. The first-order valence-electron chi connectivity index (χ1n) is 7.57. The minimum atomic E-state index is -0.736. The molecule has 1 amide bonds. The second kappa shape index (κ2) is 5.97. The van der Waals surface area contributed by atoms with Crippen LogP contribution < -0.4 is 0 Å². The zero-order valence-electron chi connectivity index (χ0n) is 14.0. The van der Waals surface area contributed by atoms with Gasteiger partial charge in [-0.3, -0.25) is 4.79 Å². The van der Waals surface area contributed by atoms with Gasteiger partial charge in [0.1, 0.15) is 23.2 Å². The molecule has 3 rings (SSSR count). The van der Waals surface area contributed by atoms with E-state index in [1.165, 1.54) is 16.2 Å². The van der Waals surface area contributed by atoms with Crippen LogP contribution in [0.2, 0.25) is 0 Å². The van der Waals surface area contributed by atoms with Crippen molar-refractivity contribution in [3.63, 3.8) is 0 Å². The summed E-state index contributed by atoms with van der Waals surface area (Å²) in [6.45, 7) is 7.70. The van der Waals surface area contributed by atoms with Gasteiger partial charge in [-0.05, 0) is 27.7 Å². The van der Waals surface area contributed by atoms with E-state index < -0.39 is 17.6 Å². The van der Waals surface area contributed by atoms with Gasteiger partial charge in [-0.15, -0.1) is 21.5 Å². The fraction of sp³-hybridized carbons (Fsp3) is 0.533. The van der Waals surface area contributed by atoms with Crippen LogP contribution >= 0.6 is 11.3 Å². The molecular formula is C15H19N5O3S. The fourth-order valence-electron chi connectivity index (χ4n) is 2.56. The van der Waals surface area contributed by atoms with Crippen LogP contribution in [0.15, 0.2) is 10.9 Å². The quantitative estimate of drug-likeness (QED) is 0.762. The van der Waals surface area contributed by atoms with E-state index in [9.17, 15) is 9.59 Å². The van der Waals surface area contributed by atoms with Crippen LogP contribution in [0.1, 0.15) is 42.9 Å². The summed E-state index contributed by atoms with van der Waals surface area (Å²) in [5.41, 5.74) is 1.28. The van der Waals surface area contributed by atoms with Gasteiger partial charge in [-0.1, -0.05) is 0 Å². The van der Waals surface area contributed by atoms with Crippen LogP contribution in [0.4, 0.5) is 0 Å². The molecule has 0 radical (unpaired) electrons. The Labute approximate surface area is 143 Å². The predicted octanol–water partition coefficient (Wildman–Crippen LogP) is 1.41. The van der Waals surface area contributed by atoms with Crippen molar-refractivity contribution in [2.75, 3.05) is 0 Å². The zero-order chi connectivity index (χ0) is 17.5. The van der Waals surface area contributed by atoms with E-state index in [0.29, 0.717) is 17.3 Å². The maximum Gasteiger partial charge on any atom is 0.331 e. The number of thiazole rings is 1. The van der Waals surface area contributed by atoms with E-state index in [1.54, 1.807) is 31.7 Å². The molecule has 0 bridgehead atoms. The van der Waals surface area contributed by atoms with Crippen molar-refractivity contribution in [3.05, 3.63) is 28.2 Å². The van der Waals surface area contributed by atoms with Gasteiger partial charge < -0.3 is 14.2 Å². The molecule has 0 aromatic carbocycles. The molecule has 0 aliphatic carbocycles. The summed E-state index contributed by atoms with van der Waals surface area (Å²) < 4.78 is 7.35. The molecule has 3 heterocycles. The van der Waals surface area contributed by atoms with Crippen LogP contribution in [-0.2, 0) is 22.6 Å². The Kier molecular flexibility index (Phi) is 4.12. The second-order valence-electron chi connectivity index (χ2n) is 6.63. The normalized spacial score (nSPS) is 17.5. The molecule has 0 N–H and O–H groups in total. The number of nitrogens with zero attached hydrogens (tertiary/aromatic N) is 5. The molecule has 8 nitrogen and oxygen atoms in total. The predicted molar refractivity (Wildman–Crippen MR) is 86.4 cm³/mol. The Balaban J connectivity index is 1.93. The van der Waals surface area contributed by atoms with E-state index in [0.717, 1.165) is 0 Å². The van der Waals surface area contributed by atoms with Gasteiger partial charge in [-0.25, -0.2) is 9.78 Å². The molecule has 1 aliphatic rings. The maximum absolute atomic E-state index is 12.8. The monoisotopic (exact) mass is 349 g/mol. The fourth-order valence-corrected chi connectivity index (χ4v) is 3.09. The molecule has 128 valence electrons. The minimum Gasteiger partial charge on any atom is -0.458 e. The van der Waals surface area contributed by atoms with E-state index in [-0.39, 0.29) is 19.0 Å². The highest BCUT2D eigenvalue weighted by molar-refractivity contribution is 7.07. The second-order valence-corrected chi connectivity index (χ2v) is 7.35. The Morgan fingerprint density at radius 3 is 2.71 bits per heavy atom. The molecule has 1 atom stereocenters. The number of hydrogen-bond acceptors (Lipinski definition) is 7. The van der Waals surface area contributed by atoms with Crippen molar-refractivity contribution in [1.29, 1.82) is 0 Å². The van der Waals surface area contributed by atoms with Crippen molar-refractivity contribution in [3.8, 4) is 0 Å². The Bertz CT molecular complexity index is 763. The van der Waals surface area contributed by atoms with Gasteiger partial charge in [0.25, 0.3) is 5.91 Å². The minimum absolute atomic E-state index is 0.196. The highest BCUT2D eigenvalue weighted by Gasteiger charge is 2.39.